The van der Waals surface area contributed by atoms with Crippen LogP contribution in [-0.2, 0) is 0 Å². The summed E-state index contributed by atoms with van der Waals surface area (Å²) in [5.74, 6) is 0.860. The molecule has 2 aromatic carbocycles. The molecule has 0 amide bonds. The predicted octanol–water partition coefficient (Wildman–Crippen LogP) is 8.63. The largest absolute Gasteiger partial charge is 0.497 e. The van der Waals surface area contributed by atoms with Crippen molar-refractivity contribution in [3.63, 3.8) is 0 Å². The Kier molecular flexibility index (Phi) is 49.0. The lowest BCUT2D eigenvalue weighted by molar-refractivity contribution is 0.415. The van der Waals surface area contributed by atoms with E-state index in [9.17, 15) is 0 Å². The minimum Gasteiger partial charge on any atom is -0.497 e. The highest BCUT2D eigenvalue weighted by Gasteiger charge is 1.92. The highest BCUT2D eigenvalue weighted by molar-refractivity contribution is 7.98. The van der Waals surface area contributed by atoms with E-state index in [1.165, 1.54) is 30.8 Å². The molecule has 0 aliphatic rings. The number of nitrogens with two attached hydrogens (primary N) is 1. The Hall–Kier alpha value is -2.37. The summed E-state index contributed by atoms with van der Waals surface area (Å²) in [5.41, 5.74) is 6.83. The van der Waals surface area contributed by atoms with Gasteiger partial charge in [0, 0.05) is 23.1 Å². The highest BCUT2D eigenvalue weighted by atomic mass is 32.2. The normalized spacial score (nSPS) is 7.62. The molecule has 0 bridgehead atoms. The summed E-state index contributed by atoms with van der Waals surface area (Å²) in [6.07, 6.45) is 4.85. The molecule has 0 fully saturated rings. The molecule has 0 heterocycles. The van der Waals surface area contributed by atoms with Crippen molar-refractivity contribution in [2.75, 3.05) is 14.2 Å². The van der Waals surface area contributed by atoms with Crippen LogP contribution in [-0.4, -0.2) is 26.6 Å². The number of allylic oxidation sites excluding steroid dienone is 1. The van der Waals surface area contributed by atoms with Crippen molar-refractivity contribution in [1.82, 2.24) is 0 Å². The molecule has 0 saturated carbocycles. The van der Waals surface area contributed by atoms with Crippen molar-refractivity contribution in [2.24, 2.45) is 10.1 Å². The Bertz CT molecular complexity index is 604. The third kappa shape index (κ3) is 29.8. The summed E-state index contributed by atoms with van der Waals surface area (Å²) in [6.45, 7) is 21.0. The Labute approximate surface area is 204 Å². The first-order chi connectivity index (χ1) is 15.6. The van der Waals surface area contributed by atoms with E-state index in [0.29, 0.717) is 0 Å². The van der Waals surface area contributed by atoms with Crippen LogP contribution in [0.25, 0.3) is 0 Å². The van der Waals surface area contributed by atoms with E-state index in [-0.39, 0.29) is 0 Å². The number of benzene rings is 2. The number of ether oxygens (including phenoxy) is 1. The Balaban J connectivity index is -0.000000147. The number of nitrogens with zero attached hydrogens (tertiary/aromatic N) is 1. The molecule has 0 aliphatic carbocycles. The first-order valence-corrected chi connectivity index (χ1v) is 11.9. The van der Waals surface area contributed by atoms with Gasteiger partial charge >= 0.3 is 0 Å². The van der Waals surface area contributed by atoms with Gasteiger partial charge in [-0.2, -0.15) is 0 Å². The first-order valence-electron chi connectivity index (χ1n) is 11.1. The molecular formula is C27H49N3OS. The molecule has 0 aliphatic heterocycles. The van der Waals surface area contributed by atoms with Crippen LogP contribution in [0.4, 0.5) is 0 Å². The number of hydrogen-bond acceptors (Lipinski definition) is 5. The third-order valence-electron chi connectivity index (χ3n) is 2.50. The molecule has 0 aromatic heterocycles. The Morgan fingerprint density at radius 3 is 1.59 bits per heavy atom. The molecule has 3 N–H and O–H groups in total. The maximum atomic E-state index is 6.08. The number of rotatable bonds is 4. The predicted molar refractivity (Wildman–Crippen MR) is 152 cm³/mol. The summed E-state index contributed by atoms with van der Waals surface area (Å²) in [7, 11) is 3.16. The lowest BCUT2D eigenvalue weighted by Gasteiger charge is -1.99. The van der Waals surface area contributed by atoms with Crippen molar-refractivity contribution >= 4 is 24.4 Å². The Morgan fingerprint density at radius 2 is 1.25 bits per heavy atom. The monoisotopic (exact) mass is 463 g/mol. The van der Waals surface area contributed by atoms with E-state index in [1.807, 2.05) is 78.9 Å². The summed E-state index contributed by atoms with van der Waals surface area (Å²) in [6, 6.07) is 16.2. The van der Waals surface area contributed by atoms with Crippen LogP contribution in [0.1, 0.15) is 66.5 Å². The van der Waals surface area contributed by atoms with Crippen molar-refractivity contribution in [3.8, 4) is 5.75 Å². The van der Waals surface area contributed by atoms with Gasteiger partial charge in [-0.1, -0.05) is 65.3 Å². The standard InChI is InChI=1S/C15H15NOS.C3H6.C2H5N.3C2H6.CH5N/c1-12-3-9-15(10-4-12)18-16-11-13-5-7-14(17-2)8-6-13;1-3-2;1-2-3;4*1-2/h3-11H,1-2H3;3H,1H2,2H3;2-3H,1H3;3*1-2H3;2H2,1H3/b16-11+;;;;;;. The molecule has 0 radical (unpaired) electrons. The topological polar surface area (TPSA) is 71.5 Å². The number of nitrogens with one attached hydrogen (secondary N) is 1. The fourth-order valence-corrected chi connectivity index (χ4v) is 1.99. The fraction of sp³-hybridized carbons (Fsp3) is 0.407. The zero-order valence-electron chi connectivity index (χ0n) is 22.4. The van der Waals surface area contributed by atoms with E-state index in [2.05, 4.69) is 47.9 Å². The quantitative estimate of drug-likeness (QED) is 0.271. The minimum absolute atomic E-state index is 0.860. The number of hydrogen-bond donors (Lipinski definition) is 2. The van der Waals surface area contributed by atoms with Crippen molar-refractivity contribution in [2.45, 2.75) is 67.2 Å². The third-order valence-corrected chi connectivity index (χ3v) is 3.19. The van der Waals surface area contributed by atoms with Gasteiger partial charge in [-0.05, 0) is 76.0 Å². The maximum Gasteiger partial charge on any atom is 0.118 e. The first kappa shape index (κ1) is 40.0. The van der Waals surface area contributed by atoms with Crippen LogP contribution in [0.2, 0.25) is 0 Å². The number of aryl methyl sites for hydroxylation is 1. The second kappa shape index (κ2) is 39.1. The molecular weight excluding hydrogens is 414 g/mol. The van der Waals surface area contributed by atoms with Crippen molar-refractivity contribution < 1.29 is 4.74 Å². The van der Waals surface area contributed by atoms with Crippen LogP contribution in [0.5, 0.6) is 5.75 Å². The van der Waals surface area contributed by atoms with Crippen LogP contribution in [0.15, 0.2) is 70.5 Å². The summed E-state index contributed by atoms with van der Waals surface area (Å²) in [5, 5.41) is 6.08. The second-order valence-electron chi connectivity index (χ2n) is 4.61. The van der Waals surface area contributed by atoms with Gasteiger partial charge in [-0.15, -0.1) is 6.58 Å². The van der Waals surface area contributed by atoms with Crippen molar-refractivity contribution in [1.29, 1.82) is 5.41 Å². The summed E-state index contributed by atoms with van der Waals surface area (Å²) in [4.78, 5) is 1.14. The maximum absolute atomic E-state index is 6.08. The highest BCUT2D eigenvalue weighted by Crippen LogP contribution is 2.19. The lowest BCUT2D eigenvalue weighted by atomic mass is 10.2. The molecule has 0 unspecified atom stereocenters. The molecule has 2 rings (SSSR count). The zero-order chi connectivity index (χ0) is 26.2. The summed E-state index contributed by atoms with van der Waals surface area (Å²) < 4.78 is 9.45. The van der Waals surface area contributed by atoms with Gasteiger partial charge in [0.2, 0.25) is 0 Å². The SMILES string of the molecule is C=CC.CC.CC.CC.CC=N.CN.COc1ccc(/C=N/Sc2ccc(C)cc2)cc1. The van der Waals surface area contributed by atoms with E-state index in [4.69, 9.17) is 10.1 Å². The van der Waals surface area contributed by atoms with Gasteiger partial charge in [0.15, 0.2) is 0 Å². The molecule has 32 heavy (non-hydrogen) atoms. The van der Waals surface area contributed by atoms with Crippen LogP contribution in [0.3, 0.4) is 0 Å². The summed E-state index contributed by atoms with van der Waals surface area (Å²) >= 11 is 1.47. The van der Waals surface area contributed by atoms with Gasteiger partial charge in [0.1, 0.15) is 5.75 Å². The van der Waals surface area contributed by atoms with E-state index < -0.39 is 0 Å². The van der Waals surface area contributed by atoms with Gasteiger partial charge in [0.05, 0.1) is 7.11 Å². The van der Waals surface area contributed by atoms with Gasteiger partial charge in [-0.25, -0.2) is 4.40 Å². The fourth-order valence-electron chi connectivity index (χ4n) is 1.44. The van der Waals surface area contributed by atoms with E-state index in [1.54, 1.807) is 20.1 Å². The average molecular weight is 464 g/mol. The van der Waals surface area contributed by atoms with Crippen LogP contribution >= 0.6 is 11.9 Å². The molecule has 2 aromatic rings. The molecule has 4 nitrogen and oxygen atoms in total. The van der Waals surface area contributed by atoms with Gasteiger partial charge in [-0.3, -0.25) is 0 Å². The molecule has 5 heteroatoms. The lowest BCUT2D eigenvalue weighted by Crippen LogP contribution is -1.83. The van der Waals surface area contributed by atoms with E-state index in [0.717, 1.165) is 16.2 Å². The molecule has 0 atom stereocenters. The molecule has 0 saturated heterocycles. The average Bonchev–Trinajstić information content (AvgIpc) is 2.87. The molecule has 0 spiro atoms. The van der Waals surface area contributed by atoms with Crippen LogP contribution in [0, 0.1) is 12.3 Å². The Morgan fingerprint density at radius 1 is 0.875 bits per heavy atom. The van der Waals surface area contributed by atoms with Gasteiger partial charge < -0.3 is 15.9 Å². The zero-order valence-corrected chi connectivity index (χ0v) is 23.2. The van der Waals surface area contributed by atoms with E-state index >= 15 is 0 Å². The smallest absolute Gasteiger partial charge is 0.118 e. The van der Waals surface area contributed by atoms with Gasteiger partial charge in [0.25, 0.3) is 0 Å². The minimum atomic E-state index is 0.860. The molecule has 184 valence electrons. The van der Waals surface area contributed by atoms with Crippen LogP contribution < -0.4 is 10.5 Å². The second-order valence-corrected chi connectivity index (χ2v) is 5.47. The van der Waals surface area contributed by atoms with Crippen molar-refractivity contribution in [3.05, 3.63) is 72.3 Å². The number of methoxy groups -OCH3 is 1.